The Hall–Kier alpha value is -4.04. The largest absolute Gasteiger partial charge is 0.503 e. The van der Waals surface area contributed by atoms with E-state index in [1.54, 1.807) is 37.3 Å². The number of hydrogen-bond acceptors (Lipinski definition) is 6. The van der Waals surface area contributed by atoms with Crippen LogP contribution in [-0.2, 0) is 0 Å². The lowest BCUT2D eigenvalue weighted by molar-refractivity contribution is 0.101. The summed E-state index contributed by atoms with van der Waals surface area (Å²) < 4.78 is 26.9. The lowest BCUT2D eigenvalue weighted by Crippen LogP contribution is -2.05. The molecule has 3 aromatic heterocycles. The van der Waals surface area contributed by atoms with Crippen LogP contribution >= 0.6 is 11.6 Å². The predicted molar refractivity (Wildman–Crippen MR) is 114 cm³/mol. The van der Waals surface area contributed by atoms with E-state index in [0.717, 1.165) is 4.57 Å². The van der Waals surface area contributed by atoms with Gasteiger partial charge in [0.1, 0.15) is 17.1 Å². The van der Waals surface area contributed by atoms with Crippen molar-refractivity contribution in [1.82, 2.24) is 9.55 Å². The minimum absolute atomic E-state index is 0.0602. The van der Waals surface area contributed by atoms with Crippen LogP contribution in [0.4, 0.5) is 4.39 Å². The standard InChI is InChI=1S/C23H14ClFN2O5/c1-11-6-8-17(31-11)20(28)18-19(13-4-2-3-5-14(13)25)27(22(30)21(18)29)23-26-15-10-12(24)7-9-16(15)32-23/h2-10,29-30H,1H3. The van der Waals surface area contributed by atoms with Crippen molar-refractivity contribution in [3.63, 3.8) is 0 Å². The number of carbonyl (C=O) groups is 1. The second kappa shape index (κ2) is 7.28. The number of rotatable bonds is 4. The van der Waals surface area contributed by atoms with Gasteiger partial charge in [-0.05, 0) is 49.4 Å². The topological polar surface area (TPSA) is 102 Å². The molecule has 0 atom stereocenters. The van der Waals surface area contributed by atoms with E-state index in [2.05, 4.69) is 4.98 Å². The fourth-order valence-corrected chi connectivity index (χ4v) is 3.69. The van der Waals surface area contributed by atoms with Gasteiger partial charge >= 0.3 is 6.01 Å². The summed E-state index contributed by atoms with van der Waals surface area (Å²) in [4.78, 5) is 17.5. The molecule has 2 aromatic carbocycles. The number of aromatic hydroxyl groups is 2. The number of oxazole rings is 1. The average molecular weight is 453 g/mol. The SMILES string of the molecule is Cc1ccc(C(=O)c2c(O)c(O)n(-c3nc4cc(Cl)ccc4o3)c2-c2ccccc2F)o1. The van der Waals surface area contributed by atoms with Gasteiger partial charge in [-0.1, -0.05) is 23.7 Å². The van der Waals surface area contributed by atoms with Crippen LogP contribution in [0.15, 0.2) is 63.4 Å². The van der Waals surface area contributed by atoms with E-state index < -0.39 is 23.2 Å². The summed E-state index contributed by atoms with van der Waals surface area (Å²) in [6.07, 6.45) is 0. The highest BCUT2D eigenvalue weighted by atomic mass is 35.5. The maximum Gasteiger partial charge on any atom is 0.310 e. The highest BCUT2D eigenvalue weighted by molar-refractivity contribution is 6.31. The molecule has 5 rings (SSSR count). The van der Waals surface area contributed by atoms with E-state index in [0.29, 0.717) is 21.9 Å². The second-order valence-electron chi connectivity index (χ2n) is 7.06. The third-order valence-electron chi connectivity index (χ3n) is 4.97. The van der Waals surface area contributed by atoms with Gasteiger partial charge in [-0.2, -0.15) is 4.98 Å². The molecular weight excluding hydrogens is 439 g/mol. The number of ketones is 1. The lowest BCUT2D eigenvalue weighted by atomic mass is 10.0. The normalized spacial score (nSPS) is 11.3. The first kappa shape index (κ1) is 19.9. The quantitative estimate of drug-likeness (QED) is 0.343. The van der Waals surface area contributed by atoms with Crippen LogP contribution in [0.3, 0.4) is 0 Å². The van der Waals surface area contributed by atoms with Crippen molar-refractivity contribution in [2.45, 2.75) is 6.92 Å². The van der Waals surface area contributed by atoms with Crippen molar-refractivity contribution >= 4 is 28.5 Å². The minimum Gasteiger partial charge on any atom is -0.503 e. The Balaban J connectivity index is 1.84. The molecule has 5 aromatic rings. The third-order valence-corrected chi connectivity index (χ3v) is 5.21. The van der Waals surface area contributed by atoms with Gasteiger partial charge in [0.25, 0.3) is 0 Å². The molecule has 0 amide bonds. The van der Waals surface area contributed by atoms with Gasteiger partial charge in [0, 0.05) is 10.6 Å². The van der Waals surface area contributed by atoms with Crippen LogP contribution in [0.2, 0.25) is 5.02 Å². The van der Waals surface area contributed by atoms with Crippen LogP contribution in [0.1, 0.15) is 21.9 Å². The summed E-state index contributed by atoms with van der Waals surface area (Å²) in [6.45, 7) is 1.65. The fourth-order valence-electron chi connectivity index (χ4n) is 3.52. The van der Waals surface area contributed by atoms with E-state index in [4.69, 9.17) is 20.4 Å². The molecule has 0 saturated heterocycles. The summed E-state index contributed by atoms with van der Waals surface area (Å²) in [7, 11) is 0. The number of aromatic nitrogens is 2. The highest BCUT2D eigenvalue weighted by Gasteiger charge is 2.33. The maximum atomic E-state index is 14.8. The van der Waals surface area contributed by atoms with Gasteiger partial charge in [0.05, 0.1) is 11.3 Å². The second-order valence-corrected chi connectivity index (χ2v) is 7.50. The third kappa shape index (κ3) is 3.04. The number of halogens is 2. The van der Waals surface area contributed by atoms with E-state index in [9.17, 15) is 19.4 Å². The van der Waals surface area contributed by atoms with E-state index in [1.807, 2.05) is 0 Å². The smallest absolute Gasteiger partial charge is 0.310 e. The fraction of sp³-hybridized carbons (Fsp3) is 0.0435. The Morgan fingerprint density at radius 1 is 1.09 bits per heavy atom. The molecule has 2 N–H and O–H groups in total. The van der Waals surface area contributed by atoms with Crippen molar-refractivity contribution in [3.05, 3.63) is 82.5 Å². The Kier molecular flexibility index (Phi) is 4.53. The van der Waals surface area contributed by atoms with E-state index >= 15 is 0 Å². The number of aryl methyl sites for hydroxylation is 1. The van der Waals surface area contributed by atoms with Crippen molar-refractivity contribution in [2.75, 3.05) is 0 Å². The van der Waals surface area contributed by atoms with Gasteiger partial charge in [-0.25, -0.2) is 8.96 Å². The molecule has 160 valence electrons. The molecule has 0 aliphatic rings. The zero-order valence-corrected chi connectivity index (χ0v) is 17.2. The van der Waals surface area contributed by atoms with Crippen molar-refractivity contribution < 1.29 is 28.2 Å². The molecule has 0 aliphatic heterocycles. The molecule has 0 bridgehead atoms. The average Bonchev–Trinajstić information content (AvgIpc) is 3.44. The number of carbonyl (C=O) groups excluding carboxylic acids is 1. The molecule has 0 radical (unpaired) electrons. The van der Waals surface area contributed by atoms with Crippen LogP contribution < -0.4 is 0 Å². The summed E-state index contributed by atoms with van der Waals surface area (Å²) in [6, 6.07) is 13.2. The van der Waals surface area contributed by atoms with Crippen LogP contribution in [-0.4, -0.2) is 25.5 Å². The summed E-state index contributed by atoms with van der Waals surface area (Å²) >= 11 is 6.01. The monoisotopic (exact) mass is 452 g/mol. The van der Waals surface area contributed by atoms with E-state index in [-0.39, 0.29) is 28.6 Å². The Labute approximate surface area is 184 Å². The first-order valence-corrected chi connectivity index (χ1v) is 9.82. The highest BCUT2D eigenvalue weighted by Crippen LogP contribution is 2.45. The molecule has 32 heavy (non-hydrogen) atoms. The Morgan fingerprint density at radius 3 is 2.59 bits per heavy atom. The molecule has 0 aliphatic carbocycles. The summed E-state index contributed by atoms with van der Waals surface area (Å²) in [5, 5.41) is 21.9. The molecule has 0 unspecified atom stereocenters. The number of nitrogens with zero attached hydrogens (tertiary/aromatic N) is 2. The maximum absolute atomic E-state index is 14.8. The molecule has 3 heterocycles. The predicted octanol–water partition coefficient (Wildman–Crippen LogP) is 5.62. The molecule has 0 fully saturated rings. The van der Waals surface area contributed by atoms with Crippen LogP contribution in [0, 0.1) is 12.7 Å². The minimum atomic E-state index is -0.761. The Bertz CT molecular complexity index is 1510. The van der Waals surface area contributed by atoms with Crippen LogP contribution in [0.5, 0.6) is 11.6 Å². The van der Waals surface area contributed by atoms with Crippen LogP contribution in [0.25, 0.3) is 28.4 Å². The zero-order valence-electron chi connectivity index (χ0n) is 16.5. The summed E-state index contributed by atoms with van der Waals surface area (Å²) in [5.41, 5.74) is 0.146. The van der Waals surface area contributed by atoms with Gasteiger partial charge in [-0.3, -0.25) is 4.79 Å². The van der Waals surface area contributed by atoms with Gasteiger partial charge < -0.3 is 19.0 Å². The molecule has 0 saturated carbocycles. The Morgan fingerprint density at radius 2 is 1.88 bits per heavy atom. The molecule has 0 spiro atoms. The first-order chi connectivity index (χ1) is 15.3. The van der Waals surface area contributed by atoms with E-state index in [1.165, 1.54) is 24.3 Å². The zero-order chi connectivity index (χ0) is 22.6. The lowest BCUT2D eigenvalue weighted by Gasteiger charge is -2.09. The van der Waals surface area contributed by atoms with Crippen molar-refractivity contribution in [1.29, 1.82) is 0 Å². The first-order valence-electron chi connectivity index (χ1n) is 9.44. The number of furan rings is 1. The molecule has 7 nitrogen and oxygen atoms in total. The molecular formula is C23H14ClFN2O5. The van der Waals surface area contributed by atoms with Gasteiger partial charge in [0.15, 0.2) is 17.1 Å². The summed E-state index contributed by atoms with van der Waals surface area (Å²) in [5.74, 6) is -2.55. The number of hydrogen-bond donors (Lipinski definition) is 2. The number of benzene rings is 2. The van der Waals surface area contributed by atoms with Gasteiger partial charge in [0.2, 0.25) is 11.7 Å². The van der Waals surface area contributed by atoms with Crippen molar-refractivity contribution in [2.24, 2.45) is 0 Å². The van der Waals surface area contributed by atoms with Gasteiger partial charge in [-0.15, -0.1) is 0 Å². The number of fused-ring (bicyclic) bond motifs is 1. The molecule has 9 heteroatoms. The van der Waals surface area contributed by atoms with Crippen molar-refractivity contribution in [3.8, 4) is 28.9 Å².